The summed E-state index contributed by atoms with van der Waals surface area (Å²) in [7, 11) is 0. The number of amides is 1. The molecule has 0 saturated heterocycles. The van der Waals surface area contributed by atoms with Crippen LogP contribution in [0.3, 0.4) is 0 Å². The number of nitrogens with one attached hydrogen (secondary N) is 1. The predicted octanol–water partition coefficient (Wildman–Crippen LogP) is 6.76. The Morgan fingerprint density at radius 3 is 1.53 bits per heavy atom. The summed E-state index contributed by atoms with van der Waals surface area (Å²) in [4.78, 5) is 12.5. The van der Waals surface area contributed by atoms with Crippen LogP contribution in [-0.2, 0) is 0 Å². The molecule has 0 heterocycles. The van der Waals surface area contributed by atoms with E-state index in [-0.39, 0.29) is 11.8 Å². The molecule has 4 heteroatoms. The molecule has 4 nitrogen and oxygen atoms in total. The van der Waals surface area contributed by atoms with Gasteiger partial charge < -0.3 is 15.5 Å². The van der Waals surface area contributed by atoms with Crippen molar-refractivity contribution < 1.29 is 15.0 Å². The normalized spacial score (nSPS) is 11.0. The van der Waals surface area contributed by atoms with Crippen molar-refractivity contribution in [2.45, 2.75) is 33.6 Å². The highest BCUT2D eigenvalue weighted by Gasteiger charge is 2.21. The third-order valence-electron chi connectivity index (χ3n) is 6.23. The molecule has 172 valence electrons. The summed E-state index contributed by atoms with van der Waals surface area (Å²) in [5.74, 6) is 0.355. The second-order valence-corrected chi connectivity index (χ2v) is 8.88. The average Bonchev–Trinajstić information content (AvgIpc) is 2.82. The first-order valence-electron chi connectivity index (χ1n) is 11.3. The third kappa shape index (κ3) is 4.67. The molecule has 0 aromatic heterocycles. The molecule has 0 bridgehead atoms. The molecule has 1 amide bonds. The van der Waals surface area contributed by atoms with Gasteiger partial charge in [0.25, 0.3) is 5.91 Å². The van der Waals surface area contributed by atoms with Crippen molar-refractivity contribution >= 4 is 11.6 Å². The van der Waals surface area contributed by atoms with Crippen molar-refractivity contribution in [1.29, 1.82) is 0 Å². The Morgan fingerprint density at radius 2 is 1.09 bits per heavy atom. The number of aromatic hydroxyl groups is 2. The number of benzene rings is 4. The second-order valence-electron chi connectivity index (χ2n) is 8.88. The molecule has 0 radical (unpaired) electrons. The zero-order valence-electron chi connectivity index (χ0n) is 19.9. The minimum atomic E-state index is -0.153. The molecule has 34 heavy (non-hydrogen) atoms. The third-order valence-corrected chi connectivity index (χ3v) is 6.23. The summed E-state index contributed by atoms with van der Waals surface area (Å²) in [5, 5.41) is 23.6. The van der Waals surface area contributed by atoms with E-state index in [1.807, 2.05) is 94.4 Å². The average molecular weight is 452 g/mol. The Balaban J connectivity index is 1.74. The molecule has 0 atom stereocenters. The minimum Gasteiger partial charge on any atom is -0.507 e. The van der Waals surface area contributed by atoms with Crippen LogP contribution in [0.2, 0.25) is 0 Å². The maximum Gasteiger partial charge on any atom is 0.255 e. The van der Waals surface area contributed by atoms with Gasteiger partial charge in [0.2, 0.25) is 0 Å². The zero-order chi connectivity index (χ0) is 24.4. The van der Waals surface area contributed by atoms with Crippen LogP contribution in [0.4, 0.5) is 5.69 Å². The number of phenolic OH excluding ortho intramolecular Hbond substituents is 2. The SMILES string of the molecule is Cc1cc(C(c2ccc(NC(=O)c3ccccc3)cc2)c2cc(C)c(O)c(C)c2)cc(C)c1O. The Hall–Kier alpha value is -4.05. The van der Waals surface area contributed by atoms with Crippen LogP contribution in [0, 0.1) is 27.7 Å². The smallest absolute Gasteiger partial charge is 0.255 e. The van der Waals surface area contributed by atoms with Crippen LogP contribution in [0.5, 0.6) is 11.5 Å². The van der Waals surface area contributed by atoms with E-state index in [9.17, 15) is 15.0 Å². The highest BCUT2D eigenvalue weighted by Crippen LogP contribution is 2.38. The molecule has 3 N–H and O–H groups in total. The molecular weight excluding hydrogens is 422 g/mol. The van der Waals surface area contributed by atoms with Crippen molar-refractivity contribution in [2.75, 3.05) is 5.32 Å². The topological polar surface area (TPSA) is 69.6 Å². The first kappa shape index (κ1) is 23.1. The van der Waals surface area contributed by atoms with Crippen LogP contribution >= 0.6 is 0 Å². The lowest BCUT2D eigenvalue weighted by Gasteiger charge is -2.22. The monoisotopic (exact) mass is 451 g/mol. The van der Waals surface area contributed by atoms with E-state index in [1.165, 1.54) is 0 Å². The van der Waals surface area contributed by atoms with Gasteiger partial charge in [-0.1, -0.05) is 54.6 Å². The molecular formula is C30H29NO3. The van der Waals surface area contributed by atoms with Crippen LogP contribution in [-0.4, -0.2) is 16.1 Å². The summed E-state index contributed by atoms with van der Waals surface area (Å²) in [6.07, 6.45) is 0. The number of hydrogen-bond donors (Lipinski definition) is 3. The fourth-order valence-corrected chi connectivity index (χ4v) is 4.44. The Kier molecular flexibility index (Phi) is 6.42. The summed E-state index contributed by atoms with van der Waals surface area (Å²) >= 11 is 0. The summed E-state index contributed by atoms with van der Waals surface area (Å²) in [6, 6.07) is 25.0. The first-order valence-corrected chi connectivity index (χ1v) is 11.3. The first-order chi connectivity index (χ1) is 16.2. The van der Waals surface area contributed by atoms with Gasteiger partial charge in [0.15, 0.2) is 0 Å². The Bertz CT molecular complexity index is 1240. The predicted molar refractivity (Wildman–Crippen MR) is 137 cm³/mol. The number of rotatable bonds is 5. The zero-order valence-corrected chi connectivity index (χ0v) is 19.9. The fraction of sp³-hybridized carbons (Fsp3) is 0.167. The van der Waals surface area contributed by atoms with Gasteiger partial charge in [-0.2, -0.15) is 0 Å². The maximum absolute atomic E-state index is 12.5. The van der Waals surface area contributed by atoms with Gasteiger partial charge in [0.1, 0.15) is 11.5 Å². The summed E-state index contributed by atoms with van der Waals surface area (Å²) < 4.78 is 0. The molecule has 4 rings (SSSR count). The number of anilines is 1. The van der Waals surface area contributed by atoms with Crippen LogP contribution in [0.15, 0.2) is 78.9 Å². The van der Waals surface area contributed by atoms with Crippen LogP contribution < -0.4 is 5.32 Å². The van der Waals surface area contributed by atoms with Crippen LogP contribution in [0.1, 0.15) is 55.2 Å². The molecule has 0 fully saturated rings. The molecule has 0 aliphatic rings. The van der Waals surface area contributed by atoms with Crippen molar-refractivity contribution in [2.24, 2.45) is 0 Å². The molecule has 0 saturated carbocycles. The van der Waals surface area contributed by atoms with E-state index >= 15 is 0 Å². The largest absolute Gasteiger partial charge is 0.507 e. The highest BCUT2D eigenvalue weighted by atomic mass is 16.3. The Labute approximate surface area is 200 Å². The number of carbonyl (C=O) groups excluding carboxylic acids is 1. The molecule has 4 aromatic carbocycles. The second kappa shape index (κ2) is 9.44. The summed E-state index contributed by atoms with van der Waals surface area (Å²) in [6.45, 7) is 7.60. The van der Waals surface area contributed by atoms with Crippen molar-refractivity contribution in [3.63, 3.8) is 0 Å². The van der Waals surface area contributed by atoms with E-state index in [1.54, 1.807) is 12.1 Å². The number of aryl methyl sites for hydroxylation is 4. The molecule has 0 aliphatic heterocycles. The van der Waals surface area contributed by atoms with Crippen LogP contribution in [0.25, 0.3) is 0 Å². The van der Waals surface area contributed by atoms with E-state index < -0.39 is 0 Å². The lowest BCUT2D eigenvalue weighted by Crippen LogP contribution is -2.12. The van der Waals surface area contributed by atoms with Crippen molar-refractivity contribution in [3.05, 3.63) is 123 Å². The minimum absolute atomic E-state index is 0.102. The van der Waals surface area contributed by atoms with Gasteiger partial charge in [0.05, 0.1) is 0 Å². The van der Waals surface area contributed by atoms with E-state index in [0.29, 0.717) is 22.7 Å². The quantitative estimate of drug-likeness (QED) is 0.294. The van der Waals surface area contributed by atoms with E-state index in [4.69, 9.17) is 0 Å². The van der Waals surface area contributed by atoms with Gasteiger partial charge in [-0.25, -0.2) is 0 Å². The van der Waals surface area contributed by atoms with Gasteiger partial charge in [-0.3, -0.25) is 4.79 Å². The van der Waals surface area contributed by atoms with E-state index in [0.717, 1.165) is 38.9 Å². The lowest BCUT2D eigenvalue weighted by atomic mass is 9.82. The van der Waals surface area contributed by atoms with Gasteiger partial charge in [0, 0.05) is 17.2 Å². The molecule has 0 unspecified atom stereocenters. The van der Waals surface area contributed by atoms with Gasteiger partial charge in [-0.05, 0) is 90.9 Å². The van der Waals surface area contributed by atoms with E-state index in [2.05, 4.69) is 5.32 Å². The van der Waals surface area contributed by atoms with Gasteiger partial charge in [-0.15, -0.1) is 0 Å². The molecule has 0 aliphatic carbocycles. The van der Waals surface area contributed by atoms with Crippen molar-refractivity contribution in [1.82, 2.24) is 0 Å². The lowest BCUT2D eigenvalue weighted by molar-refractivity contribution is 0.102. The van der Waals surface area contributed by atoms with Crippen molar-refractivity contribution in [3.8, 4) is 11.5 Å². The number of carbonyl (C=O) groups is 1. The molecule has 4 aromatic rings. The van der Waals surface area contributed by atoms with Gasteiger partial charge >= 0.3 is 0 Å². The number of phenols is 2. The Morgan fingerprint density at radius 1 is 0.647 bits per heavy atom. The maximum atomic E-state index is 12.5. The molecule has 0 spiro atoms. The fourth-order valence-electron chi connectivity index (χ4n) is 4.44. The number of hydrogen-bond acceptors (Lipinski definition) is 3. The summed E-state index contributed by atoms with van der Waals surface area (Å²) in [5.41, 5.74) is 7.75. The highest BCUT2D eigenvalue weighted by molar-refractivity contribution is 6.04. The standard InChI is InChI=1S/C30H29NO3/c1-18-14-24(15-19(2)28(18)32)27(25-16-20(3)29(33)21(4)17-25)22-10-12-26(13-11-22)31-30(34)23-8-6-5-7-9-23/h5-17,27,32-33H,1-4H3,(H,31,34).